The van der Waals surface area contributed by atoms with Crippen molar-refractivity contribution in [2.24, 2.45) is 10.9 Å². The van der Waals surface area contributed by atoms with Gasteiger partial charge >= 0.3 is 12.0 Å². The third-order valence-electron chi connectivity index (χ3n) is 9.81. The maximum Gasteiger partial charge on any atom is 0.328 e. The van der Waals surface area contributed by atoms with E-state index in [1.165, 1.54) is 23.8 Å². The molecular formula is C39H45N7O8. The number of nitrogens with one attached hydrogen (secondary N) is 3. The number of carbonyl (C=O) groups is 7. The maximum absolute atomic E-state index is 14.4. The molecule has 54 heavy (non-hydrogen) atoms. The number of terminal acetylenes is 1. The summed E-state index contributed by atoms with van der Waals surface area (Å²) in [6, 6.07) is 10.9. The van der Waals surface area contributed by atoms with Crippen LogP contribution in [0.5, 0.6) is 0 Å². The van der Waals surface area contributed by atoms with E-state index in [1.54, 1.807) is 54.6 Å². The van der Waals surface area contributed by atoms with Crippen LogP contribution in [0.3, 0.4) is 0 Å². The van der Waals surface area contributed by atoms with E-state index in [0.29, 0.717) is 12.1 Å². The molecule has 0 spiro atoms. The molecule has 3 aliphatic heterocycles. The van der Waals surface area contributed by atoms with Gasteiger partial charge < -0.3 is 35.4 Å². The van der Waals surface area contributed by atoms with E-state index in [-0.39, 0.29) is 50.4 Å². The Morgan fingerprint density at radius 1 is 0.981 bits per heavy atom. The zero-order chi connectivity index (χ0) is 38.9. The number of benzene rings is 2. The highest BCUT2D eigenvalue weighted by atomic mass is 16.5. The number of carbonyl (C=O) groups excluding carboxylic acids is 7. The maximum atomic E-state index is 14.4. The Labute approximate surface area is 313 Å². The first-order valence-corrected chi connectivity index (χ1v) is 17.9. The van der Waals surface area contributed by atoms with Gasteiger partial charge in [-0.3, -0.25) is 24.0 Å². The topological polar surface area (TPSA) is 187 Å². The van der Waals surface area contributed by atoms with Gasteiger partial charge in [-0.15, -0.1) is 12.3 Å². The second-order valence-electron chi connectivity index (χ2n) is 13.8. The number of amides is 7. The monoisotopic (exact) mass is 739 g/mol. The Bertz CT molecular complexity index is 1830. The van der Waals surface area contributed by atoms with Crippen molar-refractivity contribution in [3.8, 4) is 12.3 Å². The predicted molar refractivity (Wildman–Crippen MR) is 198 cm³/mol. The van der Waals surface area contributed by atoms with E-state index in [2.05, 4.69) is 26.9 Å². The average molecular weight is 740 g/mol. The van der Waals surface area contributed by atoms with Crippen LogP contribution in [0.15, 0.2) is 65.7 Å². The van der Waals surface area contributed by atoms with Crippen LogP contribution in [0.1, 0.15) is 45.1 Å². The summed E-state index contributed by atoms with van der Waals surface area (Å²) < 4.78 is 5.68. The number of para-hydroxylation sites is 1. The summed E-state index contributed by atoms with van der Waals surface area (Å²) in [7, 11) is 1.39. The first kappa shape index (κ1) is 39.2. The van der Waals surface area contributed by atoms with Crippen LogP contribution < -0.4 is 16.0 Å². The number of likely N-dealkylation sites (N-methyl/N-ethyl adjacent to an activating group) is 1. The van der Waals surface area contributed by atoms with Gasteiger partial charge in [-0.05, 0) is 49.8 Å². The van der Waals surface area contributed by atoms with Crippen LogP contribution in [0.4, 0.5) is 10.5 Å². The standard InChI is InChI=1S/C39H45N7O8/c1-5-13-30-34(48)40-25(3)35(49)46-22-24(2)20-32(46)38(52)54-23-29(36(50)45-19-12-18-31(45)37(51)44(30)4)42-33(47)28(21-26-14-8-6-9-15-26)43-39(53)41-27-16-10-7-11-17-27/h1,6-11,14-17,24,28-32H,12-13,18-23H2,2-4H3,(H,42,47)(H2,41,43,53)/t24-,28+,29+,30+,31+,32+/m1/s1. The molecule has 3 N–H and O–H groups in total. The first-order chi connectivity index (χ1) is 25.9. The van der Waals surface area contributed by atoms with Crippen molar-refractivity contribution in [3.63, 3.8) is 0 Å². The fraction of sp³-hybridized carbons (Fsp3) is 0.436. The Kier molecular flexibility index (Phi) is 12.8. The van der Waals surface area contributed by atoms with E-state index >= 15 is 0 Å². The second-order valence-corrected chi connectivity index (χ2v) is 13.8. The smallest absolute Gasteiger partial charge is 0.328 e. The molecule has 0 bridgehead atoms. The van der Waals surface area contributed by atoms with E-state index < -0.39 is 78.4 Å². The highest BCUT2D eigenvalue weighted by Crippen LogP contribution is 2.26. The van der Waals surface area contributed by atoms with Crippen molar-refractivity contribution in [1.82, 2.24) is 25.3 Å². The predicted octanol–water partition coefficient (Wildman–Crippen LogP) is 1.53. The highest BCUT2D eigenvalue weighted by Gasteiger charge is 2.44. The van der Waals surface area contributed by atoms with Crippen molar-refractivity contribution in [3.05, 3.63) is 66.2 Å². The van der Waals surface area contributed by atoms with E-state index in [1.807, 2.05) is 13.0 Å². The average Bonchev–Trinajstić information content (AvgIpc) is 3.81. The van der Waals surface area contributed by atoms with Gasteiger partial charge in [-0.25, -0.2) is 14.6 Å². The quantitative estimate of drug-likeness (QED) is 0.282. The Morgan fingerprint density at radius 3 is 2.35 bits per heavy atom. The van der Waals surface area contributed by atoms with Crippen molar-refractivity contribution in [2.75, 3.05) is 32.1 Å². The number of aliphatic imine (C=N–C) groups is 1. The number of esters is 1. The van der Waals surface area contributed by atoms with E-state index in [4.69, 9.17) is 11.2 Å². The molecule has 0 radical (unpaired) electrons. The number of anilines is 1. The van der Waals surface area contributed by atoms with E-state index in [0.717, 1.165) is 10.5 Å². The molecule has 2 aromatic carbocycles. The Hall–Kier alpha value is -6.04. The van der Waals surface area contributed by atoms with Gasteiger partial charge in [0, 0.05) is 38.7 Å². The lowest BCUT2D eigenvalue weighted by atomic mass is 10.0. The molecule has 0 saturated carbocycles. The lowest BCUT2D eigenvalue weighted by molar-refractivity contribution is -0.156. The van der Waals surface area contributed by atoms with Crippen molar-refractivity contribution in [2.45, 2.75) is 76.2 Å². The van der Waals surface area contributed by atoms with Gasteiger partial charge in [-0.1, -0.05) is 55.5 Å². The normalized spacial score (nSPS) is 24.5. The van der Waals surface area contributed by atoms with Crippen molar-refractivity contribution < 1.29 is 38.3 Å². The molecule has 0 unspecified atom stereocenters. The molecule has 3 aliphatic rings. The minimum absolute atomic E-state index is 0.0493. The summed E-state index contributed by atoms with van der Waals surface area (Å²) in [5.74, 6) is -2.05. The zero-order valence-corrected chi connectivity index (χ0v) is 30.5. The number of cyclic esters (lactones) is 1. The molecule has 0 aromatic heterocycles. The molecule has 5 rings (SSSR count). The number of nitrogens with zero attached hydrogens (tertiary/aromatic N) is 4. The van der Waals surface area contributed by atoms with Crippen LogP contribution in [0, 0.1) is 18.3 Å². The molecule has 7 amide bonds. The minimum Gasteiger partial charge on any atom is -0.461 e. The number of fused-ring (bicyclic) bond motifs is 2. The Morgan fingerprint density at radius 2 is 1.67 bits per heavy atom. The second kappa shape index (κ2) is 17.7. The molecule has 284 valence electrons. The molecule has 15 nitrogen and oxygen atoms in total. The van der Waals surface area contributed by atoms with Crippen molar-refractivity contribution in [1.29, 1.82) is 0 Å². The van der Waals surface area contributed by atoms with Crippen LogP contribution in [-0.4, -0.2) is 119 Å². The highest BCUT2D eigenvalue weighted by molar-refractivity contribution is 6.39. The lowest BCUT2D eigenvalue weighted by Gasteiger charge is -2.33. The molecule has 2 aromatic rings. The third kappa shape index (κ3) is 9.30. The SMILES string of the molecule is C#CC[C@H]1C(=O)N=C(C)C(=O)N2C[C@H](C)C[C@H]2C(=O)OC[C@H](NC(=O)[C@H](Cc2ccccc2)NC(=O)Nc2ccccc2)C(=O)N2CCC[C@H]2C(=O)N1C. The molecular weight excluding hydrogens is 694 g/mol. The van der Waals surface area contributed by atoms with Crippen molar-refractivity contribution >= 4 is 52.9 Å². The zero-order valence-electron chi connectivity index (χ0n) is 30.5. The molecule has 2 fully saturated rings. The van der Waals surface area contributed by atoms with Gasteiger partial charge in [0.15, 0.2) is 0 Å². The molecule has 15 heteroatoms. The third-order valence-corrected chi connectivity index (χ3v) is 9.81. The summed E-state index contributed by atoms with van der Waals surface area (Å²) >= 11 is 0. The van der Waals surface area contributed by atoms with Gasteiger partial charge in [-0.2, -0.15) is 0 Å². The molecule has 0 aliphatic carbocycles. The molecule has 2 saturated heterocycles. The summed E-state index contributed by atoms with van der Waals surface area (Å²) in [5, 5.41) is 8.07. The van der Waals surface area contributed by atoms with Gasteiger partial charge in [0.2, 0.25) is 17.7 Å². The van der Waals surface area contributed by atoms with Gasteiger partial charge in [0.05, 0.1) is 0 Å². The number of hydrogen-bond acceptors (Lipinski definition) is 8. The number of urea groups is 1. The number of ether oxygens (including phenoxy) is 1. The Balaban J connectivity index is 1.47. The number of rotatable bonds is 7. The van der Waals surface area contributed by atoms with Crippen LogP contribution in [0.2, 0.25) is 0 Å². The fourth-order valence-corrected chi connectivity index (χ4v) is 6.98. The largest absolute Gasteiger partial charge is 0.461 e. The summed E-state index contributed by atoms with van der Waals surface area (Å²) in [6.45, 7) is 2.90. The summed E-state index contributed by atoms with van der Waals surface area (Å²) in [5.41, 5.74) is 1.03. The van der Waals surface area contributed by atoms with Crippen LogP contribution in [0.25, 0.3) is 0 Å². The van der Waals surface area contributed by atoms with Crippen LogP contribution >= 0.6 is 0 Å². The van der Waals surface area contributed by atoms with E-state index in [9.17, 15) is 33.6 Å². The molecule has 3 heterocycles. The first-order valence-electron chi connectivity index (χ1n) is 17.9. The number of hydrogen-bond donors (Lipinski definition) is 3. The summed E-state index contributed by atoms with van der Waals surface area (Å²) in [6.07, 6.45) is 6.36. The minimum atomic E-state index is -1.49. The molecule has 6 atom stereocenters. The lowest BCUT2D eigenvalue weighted by Crippen LogP contribution is -2.59. The summed E-state index contributed by atoms with van der Waals surface area (Å²) in [4.78, 5) is 104. The van der Waals surface area contributed by atoms with Gasteiger partial charge in [0.1, 0.15) is 42.5 Å². The van der Waals surface area contributed by atoms with Gasteiger partial charge in [0.25, 0.3) is 11.8 Å². The fourth-order valence-electron chi connectivity index (χ4n) is 6.98. The van der Waals surface area contributed by atoms with Crippen LogP contribution in [-0.2, 0) is 39.9 Å².